The van der Waals surface area contributed by atoms with Crippen LogP contribution in [0.4, 0.5) is 0 Å². The van der Waals surface area contributed by atoms with Gasteiger partial charge in [0.1, 0.15) is 5.60 Å². The summed E-state index contributed by atoms with van der Waals surface area (Å²) in [5.74, 6) is -0.661. The van der Waals surface area contributed by atoms with Crippen molar-refractivity contribution in [2.75, 3.05) is 7.11 Å². The van der Waals surface area contributed by atoms with Gasteiger partial charge < -0.3 is 9.47 Å². The molecule has 4 nitrogen and oxygen atoms in total. The molecule has 0 unspecified atom stereocenters. The lowest BCUT2D eigenvalue weighted by molar-refractivity contribution is -0.149. The van der Waals surface area contributed by atoms with Gasteiger partial charge in [0.25, 0.3) is 0 Å². The van der Waals surface area contributed by atoms with Crippen LogP contribution in [0.25, 0.3) is 0 Å². The van der Waals surface area contributed by atoms with Gasteiger partial charge in [-0.25, -0.2) is 4.79 Å². The van der Waals surface area contributed by atoms with Crippen LogP contribution in [0.1, 0.15) is 54.4 Å². The summed E-state index contributed by atoms with van der Waals surface area (Å²) in [5.41, 5.74) is -0.997. The van der Waals surface area contributed by atoms with Crippen LogP contribution in [-0.2, 0) is 19.1 Å². The second kappa shape index (κ2) is 5.82. The molecule has 1 fully saturated rings. The van der Waals surface area contributed by atoms with E-state index in [1.54, 1.807) is 0 Å². The average molecular weight is 296 g/mol. The van der Waals surface area contributed by atoms with Gasteiger partial charge in [0.05, 0.1) is 13.0 Å². The van der Waals surface area contributed by atoms with Crippen molar-refractivity contribution < 1.29 is 19.1 Å². The van der Waals surface area contributed by atoms with Crippen LogP contribution in [0, 0.1) is 16.7 Å². The largest absolute Gasteiger partial charge is 0.469 e. The summed E-state index contributed by atoms with van der Waals surface area (Å²) >= 11 is 0. The van der Waals surface area contributed by atoms with Crippen molar-refractivity contribution >= 4 is 11.9 Å². The van der Waals surface area contributed by atoms with Crippen molar-refractivity contribution in [3.05, 3.63) is 12.2 Å². The molecule has 0 spiro atoms. The van der Waals surface area contributed by atoms with Gasteiger partial charge in [0, 0.05) is 6.08 Å². The molecular weight excluding hydrogens is 268 g/mol. The van der Waals surface area contributed by atoms with E-state index in [4.69, 9.17) is 9.47 Å². The monoisotopic (exact) mass is 296 g/mol. The van der Waals surface area contributed by atoms with Gasteiger partial charge in [0.15, 0.2) is 0 Å². The number of allylic oxidation sites excluding steroid dienone is 1. The van der Waals surface area contributed by atoms with E-state index >= 15 is 0 Å². The molecule has 0 amide bonds. The average Bonchev–Trinajstić information content (AvgIpc) is 2.56. The summed E-state index contributed by atoms with van der Waals surface area (Å²) in [6.07, 6.45) is 5.00. The van der Waals surface area contributed by atoms with Gasteiger partial charge >= 0.3 is 11.9 Å². The minimum Gasteiger partial charge on any atom is -0.469 e. The highest BCUT2D eigenvalue weighted by Gasteiger charge is 2.53. The Hall–Kier alpha value is -1.32. The molecule has 1 aliphatic rings. The molecule has 0 bridgehead atoms. The van der Waals surface area contributed by atoms with E-state index < -0.39 is 5.60 Å². The van der Waals surface area contributed by atoms with Gasteiger partial charge in [-0.3, -0.25) is 4.79 Å². The normalized spacial score (nSPS) is 28.6. The summed E-state index contributed by atoms with van der Waals surface area (Å²) in [5, 5.41) is 0. The fraction of sp³-hybridized carbons (Fsp3) is 0.765. The molecule has 2 atom stereocenters. The first kappa shape index (κ1) is 17.7. The van der Waals surface area contributed by atoms with Gasteiger partial charge in [-0.15, -0.1) is 0 Å². The third-order valence-corrected chi connectivity index (χ3v) is 4.78. The summed E-state index contributed by atoms with van der Waals surface area (Å²) in [4.78, 5) is 23.7. The van der Waals surface area contributed by atoms with E-state index in [0.717, 1.165) is 12.8 Å². The predicted molar refractivity (Wildman–Crippen MR) is 81.6 cm³/mol. The summed E-state index contributed by atoms with van der Waals surface area (Å²) < 4.78 is 10.2. The van der Waals surface area contributed by atoms with E-state index in [2.05, 4.69) is 20.8 Å². The van der Waals surface area contributed by atoms with Crippen LogP contribution in [0.2, 0.25) is 0 Å². The lowest BCUT2D eigenvalue weighted by Gasteiger charge is -2.38. The van der Waals surface area contributed by atoms with Crippen molar-refractivity contribution in [3.63, 3.8) is 0 Å². The molecule has 0 saturated heterocycles. The zero-order valence-corrected chi connectivity index (χ0v) is 14.3. The molecular formula is C17H28O4. The summed E-state index contributed by atoms with van der Waals surface area (Å²) in [7, 11) is 1.42. The van der Waals surface area contributed by atoms with Gasteiger partial charge in [-0.1, -0.05) is 26.8 Å². The zero-order valence-electron chi connectivity index (χ0n) is 14.3. The first-order valence-corrected chi connectivity index (χ1v) is 7.43. The fourth-order valence-corrected chi connectivity index (χ4v) is 2.97. The van der Waals surface area contributed by atoms with Crippen LogP contribution >= 0.6 is 0 Å². The minimum absolute atomic E-state index is 0.143. The van der Waals surface area contributed by atoms with Crippen molar-refractivity contribution in [1.82, 2.24) is 0 Å². The number of rotatable bonds is 3. The van der Waals surface area contributed by atoms with E-state index in [9.17, 15) is 9.59 Å². The van der Waals surface area contributed by atoms with E-state index in [1.807, 2.05) is 26.8 Å². The van der Waals surface area contributed by atoms with E-state index in [1.165, 1.54) is 13.2 Å². The van der Waals surface area contributed by atoms with Crippen molar-refractivity contribution in [2.45, 2.75) is 60.0 Å². The second-order valence-electron chi connectivity index (χ2n) is 7.62. The molecule has 0 aromatic carbocycles. The van der Waals surface area contributed by atoms with E-state index in [-0.39, 0.29) is 28.7 Å². The quantitative estimate of drug-likeness (QED) is 0.591. The molecule has 0 aromatic rings. The Labute approximate surface area is 127 Å². The summed E-state index contributed by atoms with van der Waals surface area (Å²) in [6, 6.07) is 0. The Morgan fingerprint density at radius 1 is 1.19 bits per heavy atom. The Balaban J connectivity index is 2.87. The molecule has 0 aromatic heterocycles. The fourth-order valence-electron chi connectivity index (χ4n) is 2.97. The van der Waals surface area contributed by atoms with Crippen molar-refractivity contribution in [3.8, 4) is 0 Å². The molecule has 0 N–H and O–H groups in total. The van der Waals surface area contributed by atoms with Crippen LogP contribution in [0.5, 0.6) is 0 Å². The van der Waals surface area contributed by atoms with Crippen LogP contribution in [-0.4, -0.2) is 24.6 Å². The van der Waals surface area contributed by atoms with Crippen molar-refractivity contribution in [1.29, 1.82) is 0 Å². The van der Waals surface area contributed by atoms with Crippen LogP contribution < -0.4 is 0 Å². The maximum absolute atomic E-state index is 11.9. The molecule has 0 aliphatic heterocycles. The predicted octanol–water partition coefficient (Wildman–Crippen LogP) is 3.50. The SMILES string of the molecule is COC(=O)[C@H]1CC[C@@](C)(/C=C/C(=O)OC(C)(C)C)C1(C)C. The smallest absolute Gasteiger partial charge is 0.330 e. The number of methoxy groups -OCH3 is 1. The number of esters is 2. The Kier molecular flexibility index (Phi) is 4.91. The molecule has 1 saturated carbocycles. The Bertz CT molecular complexity index is 442. The molecule has 120 valence electrons. The number of carbonyl (C=O) groups is 2. The van der Waals surface area contributed by atoms with Crippen LogP contribution in [0.3, 0.4) is 0 Å². The van der Waals surface area contributed by atoms with E-state index in [0.29, 0.717) is 0 Å². The van der Waals surface area contributed by atoms with Crippen molar-refractivity contribution in [2.24, 2.45) is 16.7 Å². The first-order valence-electron chi connectivity index (χ1n) is 7.43. The highest BCUT2D eigenvalue weighted by atomic mass is 16.6. The standard InChI is InChI=1S/C17H28O4/c1-15(2,3)21-13(18)9-11-17(6)10-8-12(14(19)20-7)16(17,4)5/h9,11-12H,8,10H2,1-7H3/b11-9+/t12-,17+/m1/s1. The lowest BCUT2D eigenvalue weighted by Crippen LogP contribution is -2.37. The molecule has 4 heteroatoms. The number of carbonyl (C=O) groups excluding carboxylic acids is 2. The summed E-state index contributed by atoms with van der Waals surface area (Å²) in [6.45, 7) is 11.7. The second-order valence-corrected chi connectivity index (χ2v) is 7.62. The maximum atomic E-state index is 11.9. The molecule has 0 heterocycles. The molecule has 1 aliphatic carbocycles. The highest BCUT2D eigenvalue weighted by molar-refractivity contribution is 5.82. The van der Waals surface area contributed by atoms with Gasteiger partial charge in [-0.2, -0.15) is 0 Å². The molecule has 0 radical (unpaired) electrons. The number of hydrogen-bond acceptors (Lipinski definition) is 4. The third kappa shape index (κ3) is 3.86. The highest BCUT2D eigenvalue weighted by Crippen LogP contribution is 2.57. The molecule has 1 rings (SSSR count). The molecule has 21 heavy (non-hydrogen) atoms. The zero-order chi connectivity index (χ0) is 16.5. The maximum Gasteiger partial charge on any atom is 0.330 e. The topological polar surface area (TPSA) is 52.6 Å². The number of ether oxygens (including phenoxy) is 2. The minimum atomic E-state index is -0.498. The first-order chi connectivity index (χ1) is 9.43. The Morgan fingerprint density at radius 3 is 2.24 bits per heavy atom. The third-order valence-electron chi connectivity index (χ3n) is 4.78. The number of hydrogen-bond donors (Lipinski definition) is 0. The lowest BCUT2D eigenvalue weighted by atomic mass is 9.65. The Morgan fingerprint density at radius 2 is 1.76 bits per heavy atom. The van der Waals surface area contributed by atoms with Gasteiger partial charge in [-0.05, 0) is 44.4 Å². The van der Waals surface area contributed by atoms with Gasteiger partial charge in [0.2, 0.25) is 0 Å². The van der Waals surface area contributed by atoms with Crippen LogP contribution in [0.15, 0.2) is 12.2 Å².